The molecule has 0 unspecified atom stereocenters. The first-order chi connectivity index (χ1) is 12.6. The summed E-state index contributed by atoms with van der Waals surface area (Å²) in [6.45, 7) is 1.82. The smallest absolute Gasteiger partial charge is 0.239 e. The van der Waals surface area contributed by atoms with Crippen LogP contribution >= 0.6 is 27.5 Å². The lowest BCUT2D eigenvalue weighted by atomic mass is 9.89. The van der Waals surface area contributed by atoms with Crippen molar-refractivity contribution in [2.45, 2.75) is 12.8 Å². The van der Waals surface area contributed by atoms with E-state index < -0.39 is 29.6 Å². The van der Waals surface area contributed by atoms with E-state index in [1.165, 1.54) is 9.58 Å². The number of pyridine rings is 1. The van der Waals surface area contributed by atoms with Crippen molar-refractivity contribution in [1.82, 2.24) is 19.7 Å². The molecule has 0 aliphatic rings. The molecular formula is C16H17BrClF2N5O2. The number of hydrogen-bond donors (Lipinski definition) is 1. The van der Waals surface area contributed by atoms with Gasteiger partial charge in [-0.05, 0) is 28.1 Å². The molecule has 11 heteroatoms. The molecule has 0 aromatic carbocycles. The Labute approximate surface area is 167 Å². The summed E-state index contributed by atoms with van der Waals surface area (Å²) >= 11 is 9.39. The van der Waals surface area contributed by atoms with E-state index in [9.17, 15) is 18.4 Å². The Bertz CT molecular complexity index is 864. The van der Waals surface area contributed by atoms with Gasteiger partial charge in [0.05, 0.1) is 15.9 Å². The fourth-order valence-corrected chi connectivity index (χ4v) is 3.49. The van der Waals surface area contributed by atoms with Gasteiger partial charge in [-0.25, -0.2) is 0 Å². The zero-order valence-electron chi connectivity index (χ0n) is 14.7. The zero-order valence-corrected chi connectivity index (χ0v) is 17.1. The molecule has 0 aliphatic heterocycles. The maximum atomic E-state index is 13.7. The van der Waals surface area contributed by atoms with Gasteiger partial charge in [0.25, 0.3) is 0 Å². The molecule has 146 valence electrons. The summed E-state index contributed by atoms with van der Waals surface area (Å²) in [6.07, 6.45) is 0.632. The lowest BCUT2D eigenvalue weighted by molar-refractivity contribution is -0.122. The average Bonchev–Trinajstić information content (AvgIpc) is 2.86. The fraction of sp³-hybridized carbons (Fsp3) is 0.375. The molecule has 2 atom stereocenters. The number of rotatable bonds is 7. The van der Waals surface area contributed by atoms with Gasteiger partial charge in [0.2, 0.25) is 24.2 Å². The third-order valence-corrected chi connectivity index (χ3v) is 5.37. The van der Waals surface area contributed by atoms with Crippen molar-refractivity contribution >= 4 is 45.5 Å². The summed E-state index contributed by atoms with van der Waals surface area (Å²) in [5.74, 6) is -3.86. The van der Waals surface area contributed by atoms with Crippen LogP contribution in [0.4, 0.5) is 14.5 Å². The number of nitrogens with zero attached hydrogens (tertiary/aromatic N) is 4. The van der Waals surface area contributed by atoms with Crippen molar-refractivity contribution < 1.29 is 18.4 Å². The maximum absolute atomic E-state index is 13.7. The number of aromatic nitrogens is 3. The number of halogens is 4. The molecule has 0 aliphatic carbocycles. The molecule has 2 rings (SSSR count). The van der Waals surface area contributed by atoms with Gasteiger partial charge in [-0.15, -0.1) is 0 Å². The summed E-state index contributed by atoms with van der Waals surface area (Å²) in [7, 11) is 3.23. The summed E-state index contributed by atoms with van der Waals surface area (Å²) in [5.41, 5.74) is 0.367. The molecule has 0 fully saturated rings. The van der Waals surface area contributed by atoms with Gasteiger partial charge in [0.1, 0.15) is 0 Å². The lowest BCUT2D eigenvalue weighted by Crippen LogP contribution is -2.34. The van der Waals surface area contributed by atoms with Gasteiger partial charge in [0, 0.05) is 32.5 Å². The standard InChI is InChI=1S/C16H17BrClF2N5O2/c1-8(16(27)21-10-4-5-11(19)22-15(10)20)9(6-24(2)7-26)13-12(17)14(18)23-25(13)3/h4-5,7-9H,6H2,1-3H3,(H,21,27)/t8-,9-/m0/s1. The van der Waals surface area contributed by atoms with Gasteiger partial charge in [-0.1, -0.05) is 18.5 Å². The minimum atomic E-state index is -1.12. The van der Waals surface area contributed by atoms with E-state index in [-0.39, 0.29) is 17.4 Å². The Morgan fingerprint density at radius 3 is 2.67 bits per heavy atom. The molecule has 1 N–H and O–H groups in total. The van der Waals surface area contributed by atoms with E-state index in [0.29, 0.717) is 16.6 Å². The highest BCUT2D eigenvalue weighted by Crippen LogP contribution is 2.35. The van der Waals surface area contributed by atoms with Crippen LogP contribution in [0.3, 0.4) is 0 Å². The Morgan fingerprint density at radius 1 is 1.48 bits per heavy atom. The second-order valence-corrected chi connectivity index (χ2v) is 7.17. The Hall–Kier alpha value is -2.07. The Kier molecular flexibility index (Phi) is 6.88. The summed E-state index contributed by atoms with van der Waals surface area (Å²) in [5, 5.41) is 6.71. The molecular weight excluding hydrogens is 448 g/mol. The Balaban J connectivity index is 2.33. The van der Waals surface area contributed by atoms with Gasteiger partial charge in [-0.3, -0.25) is 14.3 Å². The minimum Gasteiger partial charge on any atom is -0.348 e. The van der Waals surface area contributed by atoms with Crippen LogP contribution in [0.15, 0.2) is 16.6 Å². The first-order valence-corrected chi connectivity index (χ1v) is 8.99. The summed E-state index contributed by atoms with van der Waals surface area (Å²) in [6, 6.07) is 2.03. The van der Waals surface area contributed by atoms with Crippen LogP contribution in [0.1, 0.15) is 18.5 Å². The van der Waals surface area contributed by atoms with Crippen molar-refractivity contribution in [3.8, 4) is 0 Å². The molecule has 0 saturated heterocycles. The second kappa shape index (κ2) is 8.75. The second-order valence-electron chi connectivity index (χ2n) is 6.02. The van der Waals surface area contributed by atoms with Crippen molar-refractivity contribution in [2.75, 3.05) is 18.9 Å². The van der Waals surface area contributed by atoms with Crippen LogP contribution in [0, 0.1) is 17.8 Å². The molecule has 2 aromatic rings. The molecule has 2 aromatic heterocycles. The first-order valence-electron chi connectivity index (χ1n) is 7.82. The van der Waals surface area contributed by atoms with Crippen molar-refractivity contribution in [3.05, 3.63) is 39.3 Å². The number of aryl methyl sites for hydroxylation is 1. The SMILES string of the molecule is C[C@H](C(=O)Nc1ccc(F)nc1F)[C@H](CN(C)C=O)c1c(Br)c(Cl)nn1C. The molecule has 2 heterocycles. The predicted octanol–water partition coefficient (Wildman–Crippen LogP) is 2.96. The number of nitrogens with one attached hydrogen (secondary N) is 1. The zero-order chi connectivity index (χ0) is 20.3. The highest BCUT2D eigenvalue weighted by atomic mass is 79.9. The fourth-order valence-electron chi connectivity index (χ4n) is 2.65. The number of hydrogen-bond acceptors (Lipinski definition) is 4. The van der Waals surface area contributed by atoms with E-state index in [1.807, 2.05) is 0 Å². The Morgan fingerprint density at radius 2 is 2.15 bits per heavy atom. The van der Waals surface area contributed by atoms with Crippen LogP contribution in [-0.2, 0) is 16.6 Å². The monoisotopic (exact) mass is 463 g/mol. The minimum absolute atomic E-state index is 0.191. The maximum Gasteiger partial charge on any atom is 0.239 e. The predicted molar refractivity (Wildman–Crippen MR) is 99.3 cm³/mol. The van der Waals surface area contributed by atoms with Gasteiger partial charge in [-0.2, -0.15) is 18.9 Å². The first kappa shape index (κ1) is 21.2. The summed E-state index contributed by atoms with van der Waals surface area (Å²) < 4.78 is 28.7. The van der Waals surface area contributed by atoms with Crippen molar-refractivity contribution in [3.63, 3.8) is 0 Å². The van der Waals surface area contributed by atoms with Crippen molar-refractivity contribution in [1.29, 1.82) is 0 Å². The normalized spacial score (nSPS) is 13.1. The number of anilines is 1. The van der Waals surface area contributed by atoms with E-state index >= 15 is 0 Å². The van der Waals surface area contributed by atoms with Gasteiger partial charge >= 0.3 is 0 Å². The van der Waals surface area contributed by atoms with Gasteiger partial charge < -0.3 is 10.2 Å². The molecule has 2 amide bonds. The molecule has 27 heavy (non-hydrogen) atoms. The van der Waals surface area contributed by atoms with Crippen LogP contribution in [0.5, 0.6) is 0 Å². The largest absolute Gasteiger partial charge is 0.348 e. The molecule has 0 saturated carbocycles. The van der Waals surface area contributed by atoms with Crippen LogP contribution in [-0.4, -0.2) is 45.6 Å². The molecule has 0 bridgehead atoms. The number of carbonyl (C=O) groups is 2. The van der Waals surface area contributed by atoms with Crippen LogP contribution < -0.4 is 5.32 Å². The van der Waals surface area contributed by atoms with E-state index in [0.717, 1.165) is 12.1 Å². The topological polar surface area (TPSA) is 80.1 Å². The average molecular weight is 465 g/mol. The lowest BCUT2D eigenvalue weighted by Gasteiger charge is -2.27. The van der Waals surface area contributed by atoms with E-state index in [2.05, 4.69) is 31.3 Å². The van der Waals surface area contributed by atoms with Gasteiger partial charge in [0.15, 0.2) is 5.15 Å². The third kappa shape index (κ3) is 4.81. The quantitative estimate of drug-likeness (QED) is 0.505. The van der Waals surface area contributed by atoms with E-state index in [4.69, 9.17) is 11.6 Å². The number of likely N-dealkylation sites (N-methyl/N-ethyl adjacent to an activating group) is 1. The molecule has 0 spiro atoms. The number of amides is 2. The van der Waals surface area contributed by atoms with E-state index in [1.54, 1.807) is 21.0 Å². The van der Waals surface area contributed by atoms with Crippen molar-refractivity contribution in [2.24, 2.45) is 13.0 Å². The highest BCUT2D eigenvalue weighted by Gasteiger charge is 2.32. The molecule has 7 nitrogen and oxygen atoms in total. The van der Waals surface area contributed by atoms with Crippen LogP contribution in [0.25, 0.3) is 0 Å². The number of carbonyl (C=O) groups excluding carboxylic acids is 2. The third-order valence-electron chi connectivity index (χ3n) is 4.10. The molecule has 0 radical (unpaired) electrons. The summed E-state index contributed by atoms with van der Waals surface area (Å²) in [4.78, 5) is 28.2. The van der Waals surface area contributed by atoms with Crippen LogP contribution in [0.2, 0.25) is 5.15 Å². The highest BCUT2D eigenvalue weighted by molar-refractivity contribution is 9.10.